The van der Waals surface area contributed by atoms with Crippen LogP contribution < -0.4 is 11.1 Å². The summed E-state index contributed by atoms with van der Waals surface area (Å²) in [6.45, 7) is 2.15. The first kappa shape index (κ1) is 11.9. The molecule has 1 atom stereocenters. The van der Waals surface area contributed by atoms with Gasteiger partial charge in [-0.25, -0.2) is 4.79 Å². The third-order valence-corrected chi connectivity index (χ3v) is 1.50. The Labute approximate surface area is 75.7 Å². The summed E-state index contributed by atoms with van der Waals surface area (Å²) in [5.41, 5.74) is 3.80. The average molecular weight is 190 g/mol. The Bertz CT molecular complexity index is 215. The number of carboxylic acids is 1. The lowest BCUT2D eigenvalue weighted by atomic mass is 10.1. The Hall–Kier alpha value is -1.14. The average Bonchev–Trinajstić information content (AvgIpc) is 2.01. The Morgan fingerprint density at radius 1 is 1.54 bits per heavy atom. The second kappa shape index (κ2) is 4.20. The summed E-state index contributed by atoms with van der Waals surface area (Å²) >= 11 is 0. The van der Waals surface area contributed by atoms with Crippen LogP contribution >= 0.6 is 0 Å². The summed E-state index contributed by atoms with van der Waals surface area (Å²) in [6, 6.07) is -1.08. The number of nitrogens with two attached hydrogens (primary N) is 1. The predicted molar refractivity (Wildman–Crippen MR) is 44.9 cm³/mol. The summed E-state index contributed by atoms with van der Waals surface area (Å²) in [6.07, 6.45) is 0. The molecule has 0 rings (SSSR count). The van der Waals surface area contributed by atoms with Gasteiger partial charge in [-0.15, -0.1) is 0 Å². The SMILES string of the molecule is CC(C)(NC(=O)[C@@H](N)CO)C(=O)O. The third kappa shape index (κ3) is 3.39. The molecule has 0 saturated heterocycles. The maximum absolute atomic E-state index is 11.0. The van der Waals surface area contributed by atoms with Crippen molar-refractivity contribution in [3.8, 4) is 0 Å². The summed E-state index contributed by atoms with van der Waals surface area (Å²) in [7, 11) is 0. The van der Waals surface area contributed by atoms with Crippen LogP contribution in [0.2, 0.25) is 0 Å². The molecular weight excluding hydrogens is 176 g/mol. The van der Waals surface area contributed by atoms with Gasteiger partial charge in [0.15, 0.2) is 0 Å². The van der Waals surface area contributed by atoms with Crippen molar-refractivity contribution in [2.24, 2.45) is 5.73 Å². The molecule has 0 spiro atoms. The number of aliphatic hydroxyl groups is 1. The van der Waals surface area contributed by atoms with Crippen LogP contribution in [0.25, 0.3) is 0 Å². The molecule has 6 nitrogen and oxygen atoms in total. The lowest BCUT2D eigenvalue weighted by molar-refractivity contribution is -0.146. The zero-order valence-electron chi connectivity index (χ0n) is 7.57. The molecule has 0 heterocycles. The van der Waals surface area contributed by atoms with E-state index in [1.165, 1.54) is 13.8 Å². The van der Waals surface area contributed by atoms with E-state index in [-0.39, 0.29) is 0 Å². The lowest BCUT2D eigenvalue weighted by Crippen LogP contribution is -2.55. The number of aliphatic carboxylic acids is 1. The van der Waals surface area contributed by atoms with E-state index in [1.807, 2.05) is 0 Å². The molecule has 13 heavy (non-hydrogen) atoms. The molecule has 0 aliphatic rings. The van der Waals surface area contributed by atoms with Gasteiger partial charge in [-0.3, -0.25) is 4.79 Å². The van der Waals surface area contributed by atoms with Gasteiger partial charge in [0.25, 0.3) is 0 Å². The second-order valence-electron chi connectivity index (χ2n) is 3.21. The molecule has 0 aromatic carbocycles. The zero-order valence-corrected chi connectivity index (χ0v) is 7.57. The fraction of sp³-hybridized carbons (Fsp3) is 0.714. The normalized spacial score (nSPS) is 13.5. The van der Waals surface area contributed by atoms with Crippen molar-refractivity contribution < 1.29 is 19.8 Å². The molecule has 0 aromatic heterocycles. The molecule has 0 bridgehead atoms. The monoisotopic (exact) mass is 190 g/mol. The van der Waals surface area contributed by atoms with Crippen molar-refractivity contribution in [3.63, 3.8) is 0 Å². The molecule has 0 aromatic rings. The highest BCUT2D eigenvalue weighted by atomic mass is 16.4. The minimum atomic E-state index is -1.37. The smallest absolute Gasteiger partial charge is 0.328 e. The summed E-state index contributed by atoms with van der Waals surface area (Å²) in [5, 5.41) is 19.3. The highest BCUT2D eigenvalue weighted by molar-refractivity contribution is 5.88. The number of hydrogen-bond acceptors (Lipinski definition) is 4. The van der Waals surface area contributed by atoms with Crippen LogP contribution in [0.15, 0.2) is 0 Å². The van der Waals surface area contributed by atoms with Crippen LogP contribution in [0.4, 0.5) is 0 Å². The first-order chi connectivity index (χ1) is 5.81. The van der Waals surface area contributed by atoms with Gasteiger partial charge in [0.2, 0.25) is 5.91 Å². The fourth-order valence-electron chi connectivity index (χ4n) is 0.537. The largest absolute Gasteiger partial charge is 0.480 e. The molecule has 0 fully saturated rings. The zero-order chi connectivity index (χ0) is 10.6. The lowest BCUT2D eigenvalue weighted by Gasteiger charge is -2.22. The van der Waals surface area contributed by atoms with E-state index in [0.717, 1.165) is 0 Å². The molecule has 5 N–H and O–H groups in total. The van der Waals surface area contributed by atoms with Crippen LogP contribution in [0, 0.1) is 0 Å². The van der Waals surface area contributed by atoms with Crippen LogP contribution in [-0.2, 0) is 9.59 Å². The molecule has 0 aliphatic carbocycles. The first-order valence-corrected chi connectivity index (χ1v) is 3.73. The van der Waals surface area contributed by atoms with Crippen LogP contribution in [0.3, 0.4) is 0 Å². The van der Waals surface area contributed by atoms with E-state index in [2.05, 4.69) is 5.32 Å². The van der Waals surface area contributed by atoms with E-state index >= 15 is 0 Å². The van der Waals surface area contributed by atoms with E-state index in [9.17, 15) is 9.59 Å². The van der Waals surface area contributed by atoms with Gasteiger partial charge in [0.1, 0.15) is 11.6 Å². The molecule has 1 amide bonds. The van der Waals surface area contributed by atoms with Crippen molar-refractivity contribution in [1.82, 2.24) is 5.32 Å². The number of hydrogen-bond donors (Lipinski definition) is 4. The Kier molecular flexibility index (Phi) is 3.83. The van der Waals surface area contributed by atoms with Crippen molar-refractivity contribution >= 4 is 11.9 Å². The quantitative estimate of drug-likeness (QED) is 0.421. The van der Waals surface area contributed by atoms with E-state index < -0.39 is 30.1 Å². The van der Waals surface area contributed by atoms with Gasteiger partial charge in [-0.2, -0.15) is 0 Å². The highest BCUT2D eigenvalue weighted by Crippen LogP contribution is 2.01. The van der Waals surface area contributed by atoms with Gasteiger partial charge in [0.05, 0.1) is 6.61 Å². The first-order valence-electron chi connectivity index (χ1n) is 3.73. The number of aliphatic hydroxyl groups excluding tert-OH is 1. The molecule has 0 aliphatic heterocycles. The molecule has 0 unspecified atom stereocenters. The standard InChI is InChI=1S/C7H14N2O4/c1-7(2,6(12)13)9-5(11)4(8)3-10/h4,10H,3,8H2,1-2H3,(H,9,11)(H,12,13)/t4-/m0/s1. The van der Waals surface area contributed by atoms with E-state index in [4.69, 9.17) is 15.9 Å². The van der Waals surface area contributed by atoms with E-state index in [0.29, 0.717) is 0 Å². The van der Waals surface area contributed by atoms with Crippen molar-refractivity contribution in [2.75, 3.05) is 6.61 Å². The number of carbonyl (C=O) groups excluding carboxylic acids is 1. The summed E-state index contributed by atoms with van der Waals surface area (Å²) in [5.74, 6) is -1.85. The van der Waals surface area contributed by atoms with Gasteiger partial charge in [-0.1, -0.05) is 0 Å². The van der Waals surface area contributed by atoms with Crippen molar-refractivity contribution in [1.29, 1.82) is 0 Å². The van der Waals surface area contributed by atoms with Crippen molar-refractivity contribution in [2.45, 2.75) is 25.4 Å². The molecule has 6 heteroatoms. The maximum atomic E-state index is 11.0. The second-order valence-corrected chi connectivity index (χ2v) is 3.21. The number of rotatable bonds is 4. The number of carbonyl (C=O) groups is 2. The minimum absolute atomic E-state index is 0.512. The molecule has 0 saturated carbocycles. The molecular formula is C7H14N2O4. The number of amides is 1. The molecule has 0 radical (unpaired) electrons. The summed E-state index contributed by atoms with van der Waals surface area (Å²) in [4.78, 5) is 21.6. The third-order valence-electron chi connectivity index (χ3n) is 1.50. The number of nitrogens with one attached hydrogen (secondary N) is 1. The van der Waals surface area contributed by atoms with Crippen LogP contribution in [0.1, 0.15) is 13.8 Å². The van der Waals surface area contributed by atoms with Gasteiger partial charge in [-0.05, 0) is 13.8 Å². The fourth-order valence-corrected chi connectivity index (χ4v) is 0.537. The van der Waals surface area contributed by atoms with Crippen molar-refractivity contribution in [3.05, 3.63) is 0 Å². The Morgan fingerprint density at radius 2 is 2.00 bits per heavy atom. The Balaban J connectivity index is 4.28. The predicted octanol–water partition coefficient (Wildman–Crippen LogP) is -1.71. The molecule has 76 valence electrons. The van der Waals surface area contributed by atoms with Gasteiger partial charge >= 0.3 is 5.97 Å². The van der Waals surface area contributed by atoms with Crippen LogP contribution in [-0.4, -0.2) is 40.3 Å². The Morgan fingerprint density at radius 3 is 2.31 bits per heavy atom. The summed E-state index contributed by atoms with van der Waals surface area (Å²) < 4.78 is 0. The van der Waals surface area contributed by atoms with Gasteiger partial charge < -0.3 is 21.3 Å². The maximum Gasteiger partial charge on any atom is 0.328 e. The minimum Gasteiger partial charge on any atom is -0.480 e. The van der Waals surface area contributed by atoms with E-state index in [1.54, 1.807) is 0 Å². The van der Waals surface area contributed by atoms with Crippen LogP contribution in [0.5, 0.6) is 0 Å². The highest BCUT2D eigenvalue weighted by Gasteiger charge is 2.30. The number of carboxylic acid groups (broad SMARTS) is 1. The topological polar surface area (TPSA) is 113 Å². The van der Waals surface area contributed by atoms with Gasteiger partial charge in [0, 0.05) is 0 Å².